The summed E-state index contributed by atoms with van der Waals surface area (Å²) in [6.45, 7) is 0.472. The van der Waals surface area contributed by atoms with Crippen molar-refractivity contribution in [3.63, 3.8) is 0 Å². The van der Waals surface area contributed by atoms with Crippen molar-refractivity contribution in [1.29, 1.82) is 0 Å². The Hall–Kier alpha value is -1.20. The lowest BCUT2D eigenvalue weighted by atomic mass is 10.1. The van der Waals surface area contributed by atoms with E-state index in [4.69, 9.17) is 0 Å². The number of hydrogen-bond donors (Lipinski definition) is 1. The molecule has 0 saturated heterocycles. The summed E-state index contributed by atoms with van der Waals surface area (Å²) < 4.78 is 16.2. The zero-order valence-electron chi connectivity index (χ0n) is 8.74. The minimum Gasteiger partial charge on any atom is -0.316 e. The third-order valence-corrected chi connectivity index (χ3v) is 2.66. The van der Waals surface area contributed by atoms with Crippen molar-refractivity contribution in [3.05, 3.63) is 46.4 Å². The van der Waals surface area contributed by atoms with Crippen LogP contribution in [-0.4, -0.2) is 16.8 Å². The third kappa shape index (κ3) is 2.15. The van der Waals surface area contributed by atoms with Gasteiger partial charge in [-0.05, 0) is 35.1 Å². The van der Waals surface area contributed by atoms with E-state index < -0.39 is 0 Å². The highest BCUT2D eigenvalue weighted by Crippen LogP contribution is 2.19. The fourth-order valence-electron chi connectivity index (χ4n) is 1.55. The summed E-state index contributed by atoms with van der Waals surface area (Å²) >= 11 is 3.32. The quantitative estimate of drug-likeness (QED) is 0.938. The van der Waals surface area contributed by atoms with Crippen molar-refractivity contribution in [2.75, 3.05) is 7.05 Å². The monoisotopic (exact) mass is 283 g/mol. The van der Waals surface area contributed by atoms with Crippen molar-refractivity contribution in [3.8, 4) is 5.69 Å². The fourth-order valence-corrected chi connectivity index (χ4v) is 1.83. The number of benzene rings is 1. The molecule has 2 aromatic rings. The normalized spacial score (nSPS) is 10.7. The summed E-state index contributed by atoms with van der Waals surface area (Å²) in [7, 11) is 1.79. The predicted molar refractivity (Wildman–Crippen MR) is 64.0 cm³/mol. The first-order valence-electron chi connectivity index (χ1n) is 4.85. The highest BCUT2D eigenvalue weighted by atomic mass is 79.9. The molecule has 0 saturated carbocycles. The zero-order chi connectivity index (χ0) is 11.5. The fraction of sp³-hybridized carbons (Fsp3) is 0.182. The van der Waals surface area contributed by atoms with Gasteiger partial charge in [0.05, 0.1) is 16.4 Å². The molecule has 3 nitrogen and oxygen atoms in total. The van der Waals surface area contributed by atoms with E-state index in [1.54, 1.807) is 30.2 Å². The summed E-state index contributed by atoms with van der Waals surface area (Å²) in [6, 6.07) is 4.98. The van der Waals surface area contributed by atoms with Crippen molar-refractivity contribution in [1.82, 2.24) is 15.1 Å². The molecule has 0 fully saturated rings. The number of aromatic nitrogens is 2. The number of nitrogens with zero attached hydrogens (tertiary/aromatic N) is 2. The first kappa shape index (κ1) is 11.3. The second-order valence-electron chi connectivity index (χ2n) is 3.37. The molecule has 2 rings (SSSR count). The Morgan fingerprint density at radius 2 is 2.31 bits per heavy atom. The van der Waals surface area contributed by atoms with E-state index >= 15 is 0 Å². The van der Waals surface area contributed by atoms with Gasteiger partial charge in [0.1, 0.15) is 5.82 Å². The standard InChI is InChI=1S/C11H11BrFN3/c1-14-6-9-10(13)3-2-4-11(9)16-7-8(12)5-15-16/h2-5,7,14H,6H2,1H3. The van der Waals surface area contributed by atoms with Crippen LogP contribution < -0.4 is 5.32 Å². The molecule has 0 bridgehead atoms. The average molecular weight is 284 g/mol. The van der Waals surface area contributed by atoms with Crippen LogP contribution in [0.4, 0.5) is 4.39 Å². The van der Waals surface area contributed by atoms with Crippen LogP contribution in [0, 0.1) is 5.82 Å². The van der Waals surface area contributed by atoms with Crippen LogP contribution >= 0.6 is 15.9 Å². The van der Waals surface area contributed by atoms with E-state index in [9.17, 15) is 4.39 Å². The van der Waals surface area contributed by atoms with Gasteiger partial charge in [0.15, 0.2) is 0 Å². The minimum atomic E-state index is -0.224. The Morgan fingerprint density at radius 3 is 2.94 bits per heavy atom. The van der Waals surface area contributed by atoms with Gasteiger partial charge in [-0.2, -0.15) is 5.10 Å². The zero-order valence-corrected chi connectivity index (χ0v) is 10.3. The van der Waals surface area contributed by atoms with Crippen LogP contribution in [0.2, 0.25) is 0 Å². The Kier molecular flexibility index (Phi) is 3.36. The molecule has 0 unspecified atom stereocenters. The Bertz CT molecular complexity index is 496. The lowest BCUT2D eigenvalue weighted by Crippen LogP contribution is -2.11. The average Bonchev–Trinajstić information content (AvgIpc) is 2.68. The number of halogens is 2. The van der Waals surface area contributed by atoms with Gasteiger partial charge in [-0.25, -0.2) is 9.07 Å². The molecule has 0 aliphatic heterocycles. The summed E-state index contributed by atoms with van der Waals surface area (Å²) in [5.41, 5.74) is 1.36. The molecular formula is C11H11BrFN3. The maximum Gasteiger partial charge on any atom is 0.129 e. The van der Waals surface area contributed by atoms with E-state index in [1.807, 2.05) is 6.07 Å². The second kappa shape index (κ2) is 4.76. The smallest absolute Gasteiger partial charge is 0.129 e. The Balaban J connectivity index is 2.51. The molecule has 84 valence electrons. The van der Waals surface area contributed by atoms with E-state index in [0.717, 1.165) is 10.2 Å². The van der Waals surface area contributed by atoms with Crippen LogP contribution in [0.25, 0.3) is 5.69 Å². The first-order valence-corrected chi connectivity index (χ1v) is 5.64. The van der Waals surface area contributed by atoms with E-state index in [0.29, 0.717) is 12.1 Å². The molecule has 0 atom stereocenters. The van der Waals surface area contributed by atoms with Gasteiger partial charge in [0.2, 0.25) is 0 Å². The number of hydrogen-bond acceptors (Lipinski definition) is 2. The van der Waals surface area contributed by atoms with Gasteiger partial charge in [0, 0.05) is 18.3 Å². The maximum atomic E-state index is 13.6. The molecule has 0 radical (unpaired) electrons. The lowest BCUT2D eigenvalue weighted by molar-refractivity contribution is 0.596. The van der Waals surface area contributed by atoms with Crippen LogP contribution in [0.3, 0.4) is 0 Å². The molecular weight excluding hydrogens is 273 g/mol. The molecule has 0 aliphatic rings. The van der Waals surface area contributed by atoms with Crippen molar-refractivity contribution < 1.29 is 4.39 Å². The molecule has 1 N–H and O–H groups in total. The van der Waals surface area contributed by atoms with Gasteiger partial charge in [-0.1, -0.05) is 6.07 Å². The SMILES string of the molecule is CNCc1c(F)cccc1-n1cc(Br)cn1. The molecule has 5 heteroatoms. The summed E-state index contributed by atoms with van der Waals surface area (Å²) in [5, 5.41) is 7.09. The summed E-state index contributed by atoms with van der Waals surface area (Å²) in [4.78, 5) is 0. The minimum absolute atomic E-state index is 0.224. The maximum absolute atomic E-state index is 13.6. The largest absolute Gasteiger partial charge is 0.316 e. The Labute approximate surface area is 101 Å². The molecule has 1 aromatic heterocycles. The molecule has 0 aliphatic carbocycles. The molecule has 0 spiro atoms. The van der Waals surface area contributed by atoms with Gasteiger partial charge in [-0.3, -0.25) is 0 Å². The van der Waals surface area contributed by atoms with E-state index in [2.05, 4.69) is 26.3 Å². The van der Waals surface area contributed by atoms with Crippen LogP contribution in [-0.2, 0) is 6.54 Å². The van der Waals surface area contributed by atoms with Crippen molar-refractivity contribution in [2.24, 2.45) is 0 Å². The lowest BCUT2D eigenvalue weighted by Gasteiger charge is -2.09. The topological polar surface area (TPSA) is 29.9 Å². The third-order valence-electron chi connectivity index (χ3n) is 2.25. The highest BCUT2D eigenvalue weighted by Gasteiger charge is 2.09. The molecule has 0 amide bonds. The van der Waals surface area contributed by atoms with Crippen LogP contribution in [0.5, 0.6) is 0 Å². The van der Waals surface area contributed by atoms with Crippen LogP contribution in [0.1, 0.15) is 5.56 Å². The number of nitrogens with one attached hydrogen (secondary N) is 1. The van der Waals surface area contributed by atoms with Crippen molar-refractivity contribution >= 4 is 15.9 Å². The highest BCUT2D eigenvalue weighted by molar-refractivity contribution is 9.10. The summed E-state index contributed by atoms with van der Waals surface area (Å²) in [6.07, 6.45) is 3.47. The van der Waals surface area contributed by atoms with E-state index in [1.165, 1.54) is 6.07 Å². The second-order valence-corrected chi connectivity index (χ2v) is 4.29. The first-order chi connectivity index (χ1) is 7.72. The van der Waals surface area contributed by atoms with Gasteiger partial charge in [-0.15, -0.1) is 0 Å². The van der Waals surface area contributed by atoms with Gasteiger partial charge >= 0.3 is 0 Å². The Morgan fingerprint density at radius 1 is 1.50 bits per heavy atom. The number of rotatable bonds is 3. The molecule has 1 heterocycles. The molecule has 16 heavy (non-hydrogen) atoms. The van der Waals surface area contributed by atoms with Gasteiger partial charge in [0.25, 0.3) is 0 Å². The van der Waals surface area contributed by atoms with E-state index in [-0.39, 0.29) is 5.82 Å². The van der Waals surface area contributed by atoms with Gasteiger partial charge < -0.3 is 5.32 Å². The molecule has 1 aromatic carbocycles. The van der Waals surface area contributed by atoms with Crippen molar-refractivity contribution in [2.45, 2.75) is 6.54 Å². The van der Waals surface area contributed by atoms with Crippen LogP contribution in [0.15, 0.2) is 35.1 Å². The summed E-state index contributed by atoms with van der Waals surface area (Å²) in [5.74, 6) is -0.224. The predicted octanol–water partition coefficient (Wildman–Crippen LogP) is 2.49.